The van der Waals surface area contributed by atoms with Gasteiger partial charge in [0.2, 0.25) is 0 Å². The van der Waals surface area contributed by atoms with Gasteiger partial charge in [-0.2, -0.15) is 0 Å². The van der Waals surface area contributed by atoms with Crippen LogP contribution in [0.5, 0.6) is 0 Å². The Morgan fingerprint density at radius 2 is 2.11 bits per heavy atom. The largest absolute Gasteiger partial charge is 0.469 e. The molecular formula is C14H19ClN2O2. The van der Waals surface area contributed by atoms with Crippen molar-refractivity contribution >= 4 is 17.6 Å². The predicted octanol–water partition coefficient (Wildman–Crippen LogP) is 2.93. The molecule has 1 atom stereocenters. The third kappa shape index (κ3) is 2.27. The molecule has 4 nitrogen and oxygen atoms in total. The minimum atomic E-state index is -0.133. The van der Waals surface area contributed by atoms with Crippen LogP contribution in [0.1, 0.15) is 49.5 Å². The van der Waals surface area contributed by atoms with E-state index in [9.17, 15) is 4.79 Å². The molecule has 0 N–H and O–H groups in total. The number of nitrogens with zero attached hydrogens (tertiary/aromatic N) is 2. The van der Waals surface area contributed by atoms with Crippen molar-refractivity contribution in [3.8, 4) is 0 Å². The Hall–Kier alpha value is -1.03. The number of imidazole rings is 1. The van der Waals surface area contributed by atoms with Gasteiger partial charge in [-0.1, -0.05) is 24.4 Å². The third-order valence-corrected chi connectivity index (χ3v) is 4.75. The van der Waals surface area contributed by atoms with Crippen molar-refractivity contribution in [3.63, 3.8) is 0 Å². The molecule has 0 spiro atoms. The van der Waals surface area contributed by atoms with Gasteiger partial charge in [0.25, 0.3) is 0 Å². The lowest BCUT2D eigenvalue weighted by atomic mass is 9.96. The fraction of sp³-hybridized carbons (Fsp3) is 0.714. The molecule has 0 bridgehead atoms. The average molecular weight is 283 g/mol. The van der Waals surface area contributed by atoms with E-state index in [0.717, 1.165) is 24.5 Å². The summed E-state index contributed by atoms with van der Waals surface area (Å²) in [6.07, 6.45) is 6.49. The van der Waals surface area contributed by atoms with Crippen LogP contribution in [-0.4, -0.2) is 22.6 Å². The van der Waals surface area contributed by atoms with Gasteiger partial charge >= 0.3 is 5.97 Å². The number of hydrogen-bond acceptors (Lipinski definition) is 3. The fourth-order valence-corrected chi connectivity index (χ4v) is 3.67. The van der Waals surface area contributed by atoms with E-state index in [2.05, 4.69) is 9.55 Å². The molecule has 2 heterocycles. The molecule has 3 rings (SSSR count). The Balaban J connectivity index is 1.87. The van der Waals surface area contributed by atoms with E-state index >= 15 is 0 Å². The van der Waals surface area contributed by atoms with Gasteiger partial charge in [-0.25, -0.2) is 4.98 Å². The van der Waals surface area contributed by atoms with Crippen molar-refractivity contribution in [2.45, 2.75) is 51.0 Å². The highest BCUT2D eigenvalue weighted by Crippen LogP contribution is 2.37. The van der Waals surface area contributed by atoms with Gasteiger partial charge in [0, 0.05) is 18.9 Å². The zero-order valence-corrected chi connectivity index (χ0v) is 11.9. The van der Waals surface area contributed by atoms with Crippen LogP contribution in [0, 0.1) is 5.92 Å². The average Bonchev–Trinajstić information content (AvgIpc) is 3.06. The summed E-state index contributed by atoms with van der Waals surface area (Å²) in [6, 6.07) is 0. The first-order chi connectivity index (χ1) is 9.20. The van der Waals surface area contributed by atoms with Gasteiger partial charge in [-0.3, -0.25) is 4.79 Å². The number of hydrogen-bond donors (Lipinski definition) is 0. The highest BCUT2D eigenvalue weighted by molar-refractivity contribution is 6.30. The van der Waals surface area contributed by atoms with Crippen LogP contribution in [0.3, 0.4) is 0 Å². The van der Waals surface area contributed by atoms with Gasteiger partial charge in [-0.15, -0.1) is 0 Å². The minimum absolute atomic E-state index is 0.0665. The van der Waals surface area contributed by atoms with Crippen LogP contribution in [0.25, 0.3) is 0 Å². The van der Waals surface area contributed by atoms with E-state index in [1.807, 2.05) is 0 Å². The van der Waals surface area contributed by atoms with Gasteiger partial charge < -0.3 is 9.30 Å². The molecule has 1 aromatic rings. The quantitative estimate of drug-likeness (QED) is 0.784. The Kier molecular flexibility index (Phi) is 3.52. The topological polar surface area (TPSA) is 44.1 Å². The number of ether oxygens (including phenoxy) is 1. The van der Waals surface area contributed by atoms with Crippen molar-refractivity contribution < 1.29 is 9.53 Å². The molecule has 1 saturated carbocycles. The Labute approximate surface area is 118 Å². The van der Waals surface area contributed by atoms with Crippen molar-refractivity contribution in [2.24, 2.45) is 5.92 Å². The zero-order valence-electron chi connectivity index (χ0n) is 11.2. The number of halogens is 1. The first kappa shape index (κ1) is 13.0. The standard InChI is InChI=1S/C14H19ClN2O2/c1-19-14(18)10-6-7-17-11(8-10)12(15)16-13(17)9-4-2-3-5-9/h9-10H,2-8H2,1H3. The lowest BCUT2D eigenvalue weighted by Crippen LogP contribution is -2.27. The first-order valence-corrected chi connectivity index (χ1v) is 7.41. The van der Waals surface area contributed by atoms with Crippen LogP contribution in [0.15, 0.2) is 0 Å². The molecule has 0 saturated heterocycles. The van der Waals surface area contributed by atoms with Crippen LogP contribution >= 0.6 is 11.6 Å². The predicted molar refractivity (Wildman–Crippen MR) is 72.3 cm³/mol. The second-order valence-corrected chi connectivity index (χ2v) is 5.91. The normalized spacial score (nSPS) is 23.4. The van der Waals surface area contributed by atoms with E-state index in [1.165, 1.54) is 32.8 Å². The maximum atomic E-state index is 11.7. The van der Waals surface area contributed by atoms with Crippen molar-refractivity contribution in [1.29, 1.82) is 0 Å². The Bertz CT molecular complexity index is 492. The smallest absolute Gasteiger partial charge is 0.309 e. The van der Waals surface area contributed by atoms with Crippen molar-refractivity contribution in [2.75, 3.05) is 7.11 Å². The molecule has 5 heteroatoms. The van der Waals surface area contributed by atoms with Gasteiger partial charge in [-0.05, 0) is 19.3 Å². The van der Waals surface area contributed by atoms with E-state index in [0.29, 0.717) is 17.5 Å². The summed E-state index contributed by atoms with van der Waals surface area (Å²) in [6.45, 7) is 0.834. The Morgan fingerprint density at radius 3 is 2.79 bits per heavy atom. The monoisotopic (exact) mass is 282 g/mol. The van der Waals surface area contributed by atoms with Crippen LogP contribution in [-0.2, 0) is 22.5 Å². The van der Waals surface area contributed by atoms with E-state index in [4.69, 9.17) is 16.3 Å². The number of carbonyl (C=O) groups is 1. The number of esters is 1. The number of methoxy groups -OCH3 is 1. The molecule has 2 aliphatic rings. The second kappa shape index (κ2) is 5.16. The maximum absolute atomic E-state index is 11.7. The van der Waals surface area contributed by atoms with E-state index in [-0.39, 0.29) is 11.9 Å². The maximum Gasteiger partial charge on any atom is 0.309 e. The number of aromatic nitrogens is 2. The van der Waals surface area contributed by atoms with E-state index in [1.54, 1.807) is 0 Å². The first-order valence-electron chi connectivity index (χ1n) is 7.03. The molecule has 1 aliphatic carbocycles. The fourth-order valence-electron chi connectivity index (χ4n) is 3.40. The van der Waals surface area contributed by atoms with E-state index < -0.39 is 0 Å². The lowest BCUT2D eigenvalue weighted by molar-refractivity contribution is -0.146. The number of carbonyl (C=O) groups excluding carboxylic acids is 1. The molecule has 0 aromatic carbocycles. The lowest BCUT2D eigenvalue weighted by Gasteiger charge is -2.24. The molecule has 19 heavy (non-hydrogen) atoms. The van der Waals surface area contributed by atoms with Gasteiger partial charge in [0.15, 0.2) is 5.15 Å². The molecule has 1 unspecified atom stereocenters. The molecule has 1 fully saturated rings. The summed E-state index contributed by atoms with van der Waals surface area (Å²) in [5.74, 6) is 1.50. The van der Waals surface area contributed by atoms with Crippen molar-refractivity contribution in [1.82, 2.24) is 9.55 Å². The zero-order chi connectivity index (χ0) is 13.4. The Morgan fingerprint density at radius 1 is 1.37 bits per heavy atom. The number of rotatable bonds is 2. The SMILES string of the molecule is COC(=O)C1CCn2c(C3CCCC3)nc(Cl)c2C1. The summed E-state index contributed by atoms with van der Waals surface area (Å²) >= 11 is 6.27. The molecular weight excluding hydrogens is 264 g/mol. The molecule has 1 aliphatic heterocycles. The summed E-state index contributed by atoms with van der Waals surface area (Å²) in [5.41, 5.74) is 1.02. The third-order valence-electron chi connectivity index (χ3n) is 4.45. The summed E-state index contributed by atoms with van der Waals surface area (Å²) in [5, 5.41) is 0.579. The molecule has 104 valence electrons. The number of fused-ring (bicyclic) bond motifs is 1. The van der Waals surface area contributed by atoms with Crippen LogP contribution in [0.4, 0.5) is 0 Å². The van der Waals surface area contributed by atoms with Crippen molar-refractivity contribution in [3.05, 3.63) is 16.7 Å². The molecule has 0 amide bonds. The highest BCUT2D eigenvalue weighted by atomic mass is 35.5. The summed E-state index contributed by atoms with van der Waals surface area (Å²) in [4.78, 5) is 16.2. The highest BCUT2D eigenvalue weighted by Gasteiger charge is 2.32. The summed E-state index contributed by atoms with van der Waals surface area (Å²) < 4.78 is 7.09. The van der Waals surface area contributed by atoms with Gasteiger partial charge in [0.1, 0.15) is 5.82 Å². The summed E-state index contributed by atoms with van der Waals surface area (Å²) in [7, 11) is 1.44. The van der Waals surface area contributed by atoms with Crippen LogP contribution in [0.2, 0.25) is 5.15 Å². The molecule has 0 radical (unpaired) electrons. The van der Waals surface area contributed by atoms with Gasteiger partial charge in [0.05, 0.1) is 18.7 Å². The molecule has 1 aromatic heterocycles. The van der Waals surface area contributed by atoms with Crippen LogP contribution < -0.4 is 0 Å². The minimum Gasteiger partial charge on any atom is -0.469 e. The second-order valence-electron chi connectivity index (χ2n) is 5.55.